The van der Waals surface area contributed by atoms with Gasteiger partial charge in [-0.15, -0.1) is 0 Å². The lowest BCUT2D eigenvalue weighted by atomic mass is 10.3. The van der Waals surface area contributed by atoms with Crippen LogP contribution in [0.1, 0.15) is 39.5 Å². The van der Waals surface area contributed by atoms with Crippen molar-refractivity contribution in [1.82, 2.24) is 0 Å². The van der Waals surface area contributed by atoms with Crippen LogP contribution in [-0.4, -0.2) is 35.1 Å². The van der Waals surface area contributed by atoms with E-state index in [1.807, 2.05) is 13.8 Å². The van der Waals surface area contributed by atoms with Crippen LogP contribution in [0.4, 0.5) is 0 Å². The molecular weight excluding hydrogens is 412 g/mol. The van der Waals surface area contributed by atoms with Crippen molar-refractivity contribution in [2.75, 3.05) is 18.3 Å². The Morgan fingerprint density at radius 3 is 1.28 bits per heavy atom. The Balaban J connectivity index is 2.07. The molecule has 0 aromatic heterocycles. The molecule has 0 aliphatic carbocycles. The topological polar surface area (TPSA) is 86.7 Å². The maximum Gasteiger partial charge on any atom is 0.193 e. The summed E-state index contributed by atoms with van der Waals surface area (Å²) in [6.45, 7) is 5.20. The van der Waals surface area contributed by atoms with E-state index in [2.05, 4.69) is 0 Å². The largest absolute Gasteiger partial charge is 0.494 e. The molecule has 2 aromatic rings. The number of sulfone groups is 2. The normalized spacial score (nSPS) is 11.9. The van der Waals surface area contributed by atoms with Gasteiger partial charge in [0.25, 0.3) is 0 Å². The first-order valence-corrected chi connectivity index (χ1v) is 13.0. The highest BCUT2D eigenvalue weighted by Gasteiger charge is 2.26. The van der Waals surface area contributed by atoms with Crippen LogP contribution in [0.2, 0.25) is 0 Å². The van der Waals surface area contributed by atoms with Crippen LogP contribution in [0.3, 0.4) is 0 Å². The summed E-state index contributed by atoms with van der Waals surface area (Å²) in [4.78, 5) is -0.105. The molecule has 0 unspecified atom stereocenters. The maximum atomic E-state index is 12.6. The highest BCUT2D eigenvalue weighted by atomic mass is 32.3. The van der Waals surface area contributed by atoms with Gasteiger partial charge in [-0.1, -0.05) is 26.7 Å². The van der Waals surface area contributed by atoms with E-state index in [0.717, 1.165) is 25.7 Å². The zero-order valence-electron chi connectivity index (χ0n) is 16.8. The molecule has 0 radical (unpaired) electrons. The standard InChI is InChI=1S/C21H28O6S2/c1-3-5-15-26-18-7-11-20(12-8-18)28(22,23)17-29(24,25)21-13-9-19(10-14-21)27-16-6-4-2/h7-14H,3-6,15-17H2,1-2H3. The quantitative estimate of drug-likeness (QED) is 0.459. The molecule has 0 bridgehead atoms. The molecule has 0 heterocycles. The number of benzene rings is 2. The molecule has 160 valence electrons. The van der Waals surface area contributed by atoms with Crippen molar-refractivity contribution in [3.63, 3.8) is 0 Å². The number of hydrogen-bond donors (Lipinski definition) is 0. The molecule has 0 aliphatic heterocycles. The molecule has 8 heteroatoms. The number of ether oxygens (including phenoxy) is 2. The fraction of sp³-hybridized carbons (Fsp3) is 0.429. The fourth-order valence-corrected chi connectivity index (χ4v) is 6.32. The third-order valence-corrected chi connectivity index (χ3v) is 8.67. The van der Waals surface area contributed by atoms with E-state index >= 15 is 0 Å². The van der Waals surface area contributed by atoms with E-state index in [4.69, 9.17) is 9.47 Å². The lowest BCUT2D eigenvalue weighted by molar-refractivity contribution is 0.309. The average Bonchev–Trinajstić information content (AvgIpc) is 2.68. The lowest BCUT2D eigenvalue weighted by Crippen LogP contribution is -2.17. The molecule has 0 fully saturated rings. The van der Waals surface area contributed by atoms with Crippen molar-refractivity contribution in [3.05, 3.63) is 48.5 Å². The third kappa shape index (κ3) is 7.04. The van der Waals surface area contributed by atoms with Crippen LogP contribution in [0.15, 0.2) is 58.3 Å². The Bertz CT molecular complexity index is 881. The van der Waals surface area contributed by atoms with Crippen LogP contribution in [0.5, 0.6) is 11.5 Å². The lowest BCUT2D eigenvalue weighted by Gasteiger charge is -2.09. The molecule has 0 saturated carbocycles. The van der Waals surface area contributed by atoms with Gasteiger partial charge in [0.15, 0.2) is 24.8 Å². The Hall–Kier alpha value is -2.06. The fourth-order valence-electron chi connectivity index (χ4n) is 2.50. The maximum absolute atomic E-state index is 12.6. The Morgan fingerprint density at radius 1 is 0.621 bits per heavy atom. The Kier molecular flexibility index (Phi) is 8.52. The number of rotatable bonds is 12. The summed E-state index contributed by atoms with van der Waals surface area (Å²) in [6, 6.07) is 11.6. The molecular formula is C21H28O6S2. The van der Waals surface area contributed by atoms with Gasteiger partial charge in [0.2, 0.25) is 0 Å². The Morgan fingerprint density at radius 2 is 0.966 bits per heavy atom. The highest BCUT2D eigenvalue weighted by Crippen LogP contribution is 2.23. The van der Waals surface area contributed by atoms with Gasteiger partial charge < -0.3 is 9.47 Å². The van der Waals surface area contributed by atoms with Gasteiger partial charge in [0, 0.05) is 0 Å². The minimum absolute atomic E-state index is 0.0524. The van der Waals surface area contributed by atoms with Crippen LogP contribution in [0.25, 0.3) is 0 Å². The van der Waals surface area contributed by atoms with Crippen LogP contribution >= 0.6 is 0 Å². The summed E-state index contributed by atoms with van der Waals surface area (Å²) < 4.78 is 61.4. The van der Waals surface area contributed by atoms with Crippen LogP contribution in [-0.2, 0) is 19.7 Å². The van der Waals surface area contributed by atoms with E-state index in [1.165, 1.54) is 48.5 Å². The predicted molar refractivity (Wildman–Crippen MR) is 113 cm³/mol. The SMILES string of the molecule is CCCCOc1ccc(S(=O)(=O)CS(=O)(=O)c2ccc(OCCCC)cc2)cc1. The summed E-state index contributed by atoms with van der Waals surface area (Å²) in [5.41, 5.74) is 0. The summed E-state index contributed by atoms with van der Waals surface area (Å²) >= 11 is 0. The predicted octanol–water partition coefficient (Wildman–Crippen LogP) is 4.25. The van der Waals surface area contributed by atoms with Crippen molar-refractivity contribution in [2.24, 2.45) is 0 Å². The van der Waals surface area contributed by atoms with Gasteiger partial charge in [0.1, 0.15) is 11.5 Å². The van der Waals surface area contributed by atoms with Crippen LogP contribution < -0.4 is 9.47 Å². The number of hydrogen-bond acceptors (Lipinski definition) is 6. The van der Waals surface area contributed by atoms with Crippen LogP contribution in [0, 0.1) is 0 Å². The van der Waals surface area contributed by atoms with Gasteiger partial charge in [-0.2, -0.15) is 0 Å². The van der Waals surface area contributed by atoms with E-state index in [0.29, 0.717) is 24.7 Å². The zero-order valence-corrected chi connectivity index (χ0v) is 18.5. The van der Waals surface area contributed by atoms with Crippen molar-refractivity contribution in [3.8, 4) is 11.5 Å². The minimum Gasteiger partial charge on any atom is -0.494 e. The first-order chi connectivity index (χ1) is 13.8. The molecule has 2 rings (SSSR count). The van der Waals surface area contributed by atoms with Gasteiger partial charge in [-0.05, 0) is 61.4 Å². The molecule has 2 aromatic carbocycles. The first-order valence-electron chi connectivity index (χ1n) is 9.69. The molecule has 0 aliphatic rings. The van der Waals surface area contributed by atoms with Crippen molar-refractivity contribution in [2.45, 2.75) is 49.3 Å². The number of unbranched alkanes of at least 4 members (excludes halogenated alkanes) is 2. The van der Waals surface area contributed by atoms with Gasteiger partial charge in [-0.3, -0.25) is 0 Å². The second-order valence-electron chi connectivity index (χ2n) is 6.69. The summed E-state index contributed by atoms with van der Waals surface area (Å²) in [5.74, 6) is 1.11. The van der Waals surface area contributed by atoms with Crippen molar-refractivity contribution in [1.29, 1.82) is 0 Å². The smallest absolute Gasteiger partial charge is 0.193 e. The Labute approximate surface area is 173 Å². The van der Waals surface area contributed by atoms with Gasteiger partial charge >= 0.3 is 0 Å². The molecule has 29 heavy (non-hydrogen) atoms. The summed E-state index contributed by atoms with van der Waals surface area (Å²) in [7, 11) is -8.02. The molecule has 0 spiro atoms. The average molecular weight is 441 g/mol. The highest BCUT2D eigenvalue weighted by molar-refractivity contribution is 8.08. The molecule has 6 nitrogen and oxygen atoms in total. The molecule has 0 amide bonds. The molecule has 0 saturated heterocycles. The minimum atomic E-state index is -4.01. The molecule has 0 atom stereocenters. The van der Waals surface area contributed by atoms with E-state index in [9.17, 15) is 16.8 Å². The van der Waals surface area contributed by atoms with E-state index in [1.54, 1.807) is 0 Å². The van der Waals surface area contributed by atoms with Crippen molar-refractivity contribution < 1.29 is 26.3 Å². The van der Waals surface area contributed by atoms with E-state index < -0.39 is 24.8 Å². The second kappa shape index (κ2) is 10.6. The second-order valence-corrected chi connectivity index (χ2v) is 11.0. The monoisotopic (exact) mass is 440 g/mol. The first kappa shape index (κ1) is 23.2. The van der Waals surface area contributed by atoms with E-state index in [-0.39, 0.29) is 9.79 Å². The van der Waals surface area contributed by atoms with Gasteiger partial charge in [-0.25, -0.2) is 16.8 Å². The summed E-state index contributed by atoms with van der Waals surface area (Å²) in [5, 5.41) is -0.994. The zero-order chi connectivity index (χ0) is 21.3. The van der Waals surface area contributed by atoms with Crippen molar-refractivity contribution >= 4 is 19.7 Å². The molecule has 0 N–H and O–H groups in total. The van der Waals surface area contributed by atoms with Gasteiger partial charge in [0.05, 0.1) is 23.0 Å². The summed E-state index contributed by atoms with van der Waals surface area (Å²) in [6.07, 6.45) is 3.80. The third-order valence-electron chi connectivity index (χ3n) is 4.21.